The molecule has 0 spiro atoms. The molecular weight excluding hydrogens is 615 g/mol. The Morgan fingerprint density at radius 3 is 1.30 bits per heavy atom. The minimum Gasteiger partial charge on any atom is -0.456 e. The molecule has 7 aromatic carbocycles. The number of para-hydroxylation sites is 2. The van der Waals surface area contributed by atoms with Gasteiger partial charge >= 0.3 is 0 Å². The van der Waals surface area contributed by atoms with E-state index in [0.29, 0.717) is 17.5 Å². The lowest BCUT2D eigenvalue weighted by molar-refractivity contribution is 0.668. The second-order valence-corrected chi connectivity index (χ2v) is 12.5. The number of hydrogen-bond acceptors (Lipinski definition) is 5. The topological polar surface area (TPSA) is 65.0 Å². The number of fused-ring (bicyclic) bond motifs is 6. The fourth-order valence-electron chi connectivity index (χ4n) is 6.84. The summed E-state index contributed by atoms with van der Waals surface area (Å²) in [5, 5.41) is 4.35. The van der Waals surface area contributed by atoms with Gasteiger partial charge in [-0.2, -0.15) is 0 Å². The molecule has 234 valence electrons. The Morgan fingerprint density at radius 1 is 0.260 bits per heavy atom. The standard InChI is InChI=1S/C45H27N3O2/c1-3-11-28(12-4-1)32-23-33(30-19-21-37-35-15-7-9-17-39(35)49-41(37)26-30)25-34(24-32)45-47-43(29-13-5-2-6-14-29)46-44(48-45)31-20-22-38-36-16-8-10-18-40(36)50-42(38)27-31/h1-27H. The molecule has 0 fully saturated rings. The molecule has 5 nitrogen and oxygen atoms in total. The molecular formula is C45H27N3O2. The Bertz CT molecular complexity index is 2670. The molecule has 0 aliphatic rings. The van der Waals surface area contributed by atoms with Crippen molar-refractivity contribution in [2.24, 2.45) is 0 Å². The van der Waals surface area contributed by atoms with Crippen molar-refractivity contribution in [1.29, 1.82) is 0 Å². The third-order valence-electron chi connectivity index (χ3n) is 9.31. The number of nitrogens with zero attached hydrogens (tertiary/aromatic N) is 3. The van der Waals surface area contributed by atoms with Crippen LogP contribution in [0.15, 0.2) is 173 Å². The Balaban J connectivity index is 1.17. The van der Waals surface area contributed by atoms with Crippen molar-refractivity contribution in [3.8, 4) is 56.4 Å². The smallest absolute Gasteiger partial charge is 0.164 e. The highest BCUT2D eigenvalue weighted by Crippen LogP contribution is 2.37. The summed E-state index contributed by atoms with van der Waals surface area (Å²) < 4.78 is 12.5. The lowest BCUT2D eigenvalue weighted by Crippen LogP contribution is -2.00. The highest BCUT2D eigenvalue weighted by Gasteiger charge is 2.17. The minimum absolute atomic E-state index is 0.576. The van der Waals surface area contributed by atoms with Crippen LogP contribution < -0.4 is 0 Å². The monoisotopic (exact) mass is 641 g/mol. The molecule has 50 heavy (non-hydrogen) atoms. The maximum Gasteiger partial charge on any atom is 0.164 e. The SMILES string of the molecule is c1ccc(-c2cc(-c3ccc4c(c3)oc3ccccc34)cc(-c3nc(-c4ccccc4)nc(-c4ccc5c(c4)oc4ccccc45)n3)c2)cc1. The first-order valence-electron chi connectivity index (χ1n) is 16.6. The maximum absolute atomic E-state index is 6.28. The lowest BCUT2D eigenvalue weighted by Gasteiger charge is -2.12. The van der Waals surface area contributed by atoms with Gasteiger partial charge in [0.05, 0.1) is 0 Å². The fourth-order valence-corrected chi connectivity index (χ4v) is 6.84. The Morgan fingerprint density at radius 2 is 0.680 bits per heavy atom. The summed E-state index contributed by atoms with van der Waals surface area (Å²) in [7, 11) is 0. The molecule has 0 bridgehead atoms. The number of rotatable bonds is 5. The fraction of sp³-hybridized carbons (Fsp3) is 0. The summed E-state index contributed by atoms with van der Waals surface area (Å²) in [6.07, 6.45) is 0. The second-order valence-electron chi connectivity index (χ2n) is 12.5. The van der Waals surface area contributed by atoms with Crippen LogP contribution in [0.5, 0.6) is 0 Å². The van der Waals surface area contributed by atoms with Crippen LogP contribution in [0.4, 0.5) is 0 Å². The summed E-state index contributed by atoms with van der Waals surface area (Å²) in [5.41, 5.74) is 10.3. The molecule has 0 saturated heterocycles. The van der Waals surface area contributed by atoms with Crippen LogP contribution in [0, 0.1) is 0 Å². The summed E-state index contributed by atoms with van der Waals surface area (Å²) in [4.78, 5) is 15.2. The van der Waals surface area contributed by atoms with E-state index in [4.69, 9.17) is 23.8 Å². The molecule has 0 aliphatic heterocycles. The summed E-state index contributed by atoms with van der Waals surface area (Å²) in [6, 6.07) is 55.9. The predicted molar refractivity (Wildman–Crippen MR) is 202 cm³/mol. The van der Waals surface area contributed by atoms with Crippen LogP contribution in [0.3, 0.4) is 0 Å². The molecule has 0 radical (unpaired) electrons. The van der Waals surface area contributed by atoms with Crippen molar-refractivity contribution in [3.63, 3.8) is 0 Å². The van der Waals surface area contributed by atoms with Gasteiger partial charge in [-0.05, 0) is 76.9 Å². The average Bonchev–Trinajstić information content (AvgIpc) is 3.76. The van der Waals surface area contributed by atoms with Gasteiger partial charge in [0.15, 0.2) is 17.5 Å². The lowest BCUT2D eigenvalue weighted by atomic mass is 9.95. The molecule has 0 N–H and O–H groups in total. The molecule has 3 heterocycles. The summed E-state index contributed by atoms with van der Waals surface area (Å²) >= 11 is 0. The Kier molecular flexibility index (Phi) is 6.42. The molecule has 5 heteroatoms. The van der Waals surface area contributed by atoms with E-state index >= 15 is 0 Å². The van der Waals surface area contributed by atoms with E-state index < -0.39 is 0 Å². The number of benzene rings is 7. The van der Waals surface area contributed by atoms with E-state index in [1.807, 2.05) is 78.9 Å². The van der Waals surface area contributed by atoms with Crippen LogP contribution >= 0.6 is 0 Å². The van der Waals surface area contributed by atoms with E-state index in [1.54, 1.807) is 0 Å². The molecule has 0 unspecified atom stereocenters. The average molecular weight is 642 g/mol. The van der Waals surface area contributed by atoms with Crippen LogP contribution in [0.1, 0.15) is 0 Å². The molecule has 10 rings (SSSR count). The number of aromatic nitrogens is 3. The van der Waals surface area contributed by atoms with Crippen LogP contribution in [0.2, 0.25) is 0 Å². The minimum atomic E-state index is 0.576. The van der Waals surface area contributed by atoms with Crippen molar-refractivity contribution in [2.75, 3.05) is 0 Å². The Labute approximate surface area is 287 Å². The van der Waals surface area contributed by atoms with Gasteiger partial charge in [-0.3, -0.25) is 0 Å². The molecule has 0 aliphatic carbocycles. The van der Waals surface area contributed by atoms with Gasteiger partial charge in [0.25, 0.3) is 0 Å². The third-order valence-corrected chi connectivity index (χ3v) is 9.31. The predicted octanol–water partition coefficient (Wildman–Crippen LogP) is 12.0. The van der Waals surface area contributed by atoms with Crippen molar-refractivity contribution >= 4 is 43.9 Å². The van der Waals surface area contributed by atoms with Gasteiger partial charge in [-0.1, -0.05) is 109 Å². The third kappa shape index (κ3) is 4.83. The molecule has 0 amide bonds. The van der Waals surface area contributed by atoms with E-state index in [0.717, 1.165) is 82.8 Å². The van der Waals surface area contributed by atoms with Crippen molar-refractivity contribution in [3.05, 3.63) is 164 Å². The quantitative estimate of drug-likeness (QED) is 0.187. The van der Waals surface area contributed by atoms with E-state index in [9.17, 15) is 0 Å². The summed E-state index contributed by atoms with van der Waals surface area (Å²) in [6.45, 7) is 0. The van der Waals surface area contributed by atoms with Crippen LogP contribution in [-0.4, -0.2) is 15.0 Å². The van der Waals surface area contributed by atoms with Gasteiger partial charge < -0.3 is 8.83 Å². The first kappa shape index (κ1) is 28.2. The van der Waals surface area contributed by atoms with Gasteiger partial charge in [-0.15, -0.1) is 0 Å². The van der Waals surface area contributed by atoms with E-state index in [2.05, 4.69) is 84.9 Å². The molecule has 3 aromatic heterocycles. The van der Waals surface area contributed by atoms with E-state index in [1.165, 1.54) is 0 Å². The highest BCUT2D eigenvalue weighted by atomic mass is 16.3. The van der Waals surface area contributed by atoms with Gasteiger partial charge in [0.1, 0.15) is 22.3 Å². The maximum atomic E-state index is 6.28. The van der Waals surface area contributed by atoms with Crippen LogP contribution in [-0.2, 0) is 0 Å². The van der Waals surface area contributed by atoms with Crippen LogP contribution in [0.25, 0.3) is 100 Å². The normalized spacial score (nSPS) is 11.6. The van der Waals surface area contributed by atoms with Gasteiger partial charge in [0.2, 0.25) is 0 Å². The zero-order valence-corrected chi connectivity index (χ0v) is 26.7. The molecule has 0 atom stereocenters. The van der Waals surface area contributed by atoms with Crippen molar-refractivity contribution in [2.45, 2.75) is 0 Å². The molecule has 10 aromatic rings. The highest BCUT2D eigenvalue weighted by molar-refractivity contribution is 6.07. The van der Waals surface area contributed by atoms with Crippen molar-refractivity contribution in [1.82, 2.24) is 15.0 Å². The van der Waals surface area contributed by atoms with E-state index in [-0.39, 0.29) is 0 Å². The first-order chi connectivity index (χ1) is 24.7. The van der Waals surface area contributed by atoms with Gasteiger partial charge in [-0.25, -0.2) is 15.0 Å². The molecule has 0 saturated carbocycles. The second kappa shape index (κ2) is 11.4. The zero-order valence-electron chi connectivity index (χ0n) is 26.7. The Hall–Kier alpha value is -6.85. The van der Waals surface area contributed by atoms with Gasteiger partial charge in [0, 0.05) is 38.2 Å². The number of hydrogen-bond donors (Lipinski definition) is 0. The number of furan rings is 2. The zero-order chi connectivity index (χ0) is 33.0. The van der Waals surface area contributed by atoms with Crippen molar-refractivity contribution < 1.29 is 8.83 Å². The first-order valence-corrected chi connectivity index (χ1v) is 16.6. The largest absolute Gasteiger partial charge is 0.456 e. The summed E-state index contributed by atoms with van der Waals surface area (Å²) in [5.74, 6) is 1.76.